The molecular formula is C51H84O2. The normalized spacial score (nSPS) is 15.8. The van der Waals surface area contributed by atoms with Crippen molar-refractivity contribution in [3.05, 3.63) is 75.0 Å². The van der Waals surface area contributed by atoms with Gasteiger partial charge in [0.1, 0.15) is 0 Å². The number of aliphatic hydroxyl groups is 1. The molecule has 2 aromatic carbocycles. The van der Waals surface area contributed by atoms with E-state index < -0.39 is 0 Å². The van der Waals surface area contributed by atoms with Gasteiger partial charge in [-0.3, -0.25) is 4.79 Å². The van der Waals surface area contributed by atoms with Crippen molar-refractivity contribution < 1.29 is 9.90 Å². The number of hydrogen-bond donors (Lipinski definition) is 1. The third kappa shape index (κ3) is 12.9. The van der Waals surface area contributed by atoms with Crippen molar-refractivity contribution in [1.29, 1.82) is 0 Å². The number of hydrogen-bond acceptors (Lipinski definition) is 2. The SMILES string of the molecule is CCCCC(C)C(=C(O)C(=O)c1c(C(C)CCCC)c(C(C)CCCC)c(C(C)CCCC)c(C(C)CCCC)c1C(C)CCCC)c1ccccc1. The van der Waals surface area contributed by atoms with Crippen molar-refractivity contribution in [2.24, 2.45) is 5.92 Å². The number of ketones is 1. The second kappa shape index (κ2) is 24.9. The molecule has 0 amide bonds. The van der Waals surface area contributed by atoms with Crippen molar-refractivity contribution in [2.45, 2.75) is 228 Å². The molecule has 0 bridgehead atoms. The maximum atomic E-state index is 15.9. The van der Waals surface area contributed by atoms with Gasteiger partial charge in [-0.15, -0.1) is 0 Å². The number of carbonyl (C=O) groups is 1. The van der Waals surface area contributed by atoms with E-state index in [1.165, 1.54) is 67.2 Å². The monoisotopic (exact) mass is 729 g/mol. The molecule has 0 spiro atoms. The molecule has 300 valence electrons. The van der Waals surface area contributed by atoms with Gasteiger partial charge in [0.05, 0.1) is 0 Å². The van der Waals surface area contributed by atoms with E-state index in [-0.39, 0.29) is 29.3 Å². The maximum Gasteiger partial charge on any atom is 0.228 e. The summed E-state index contributed by atoms with van der Waals surface area (Å²) in [4.78, 5) is 15.9. The van der Waals surface area contributed by atoms with Crippen LogP contribution in [0.1, 0.15) is 272 Å². The van der Waals surface area contributed by atoms with Crippen LogP contribution in [0.15, 0.2) is 36.1 Å². The highest BCUT2D eigenvalue weighted by Gasteiger charge is 2.37. The number of rotatable bonds is 27. The first kappa shape index (κ1) is 46.8. The summed E-state index contributed by atoms with van der Waals surface area (Å²) in [5, 5.41) is 12.7. The summed E-state index contributed by atoms with van der Waals surface area (Å²) in [6, 6.07) is 10.3. The number of unbranched alkanes of at least 4 members (excludes halogenated alkanes) is 6. The molecule has 6 unspecified atom stereocenters. The molecule has 0 aliphatic rings. The lowest BCUT2D eigenvalue weighted by Crippen LogP contribution is -2.25. The predicted molar refractivity (Wildman–Crippen MR) is 235 cm³/mol. The molecule has 6 atom stereocenters. The third-order valence-electron chi connectivity index (χ3n) is 12.4. The van der Waals surface area contributed by atoms with Crippen LogP contribution in [0.3, 0.4) is 0 Å². The van der Waals surface area contributed by atoms with Gasteiger partial charge in [-0.05, 0) is 107 Å². The molecule has 0 aromatic heterocycles. The Kier molecular flexibility index (Phi) is 22.0. The molecule has 2 rings (SSSR count). The zero-order valence-corrected chi connectivity index (χ0v) is 36.9. The second-order valence-electron chi connectivity index (χ2n) is 17.2. The molecule has 0 aliphatic carbocycles. The van der Waals surface area contributed by atoms with Gasteiger partial charge in [0, 0.05) is 11.1 Å². The largest absolute Gasteiger partial charge is 0.504 e. The Hall–Kier alpha value is -2.35. The van der Waals surface area contributed by atoms with Crippen LogP contribution in [0.2, 0.25) is 0 Å². The molecule has 0 aliphatic heterocycles. The van der Waals surface area contributed by atoms with Crippen LogP contribution in [0, 0.1) is 5.92 Å². The van der Waals surface area contributed by atoms with Gasteiger partial charge in [-0.25, -0.2) is 0 Å². The molecule has 2 aromatic rings. The Balaban J connectivity index is 3.41. The van der Waals surface area contributed by atoms with Gasteiger partial charge in [0.15, 0.2) is 5.76 Å². The highest BCUT2D eigenvalue weighted by Crippen LogP contribution is 2.50. The van der Waals surface area contributed by atoms with E-state index in [9.17, 15) is 5.11 Å². The smallest absolute Gasteiger partial charge is 0.228 e. The highest BCUT2D eigenvalue weighted by atomic mass is 16.3. The van der Waals surface area contributed by atoms with Crippen LogP contribution in [0.25, 0.3) is 5.57 Å². The number of aliphatic hydroxyl groups excluding tert-OH is 1. The van der Waals surface area contributed by atoms with Crippen molar-refractivity contribution in [3.63, 3.8) is 0 Å². The lowest BCUT2D eigenvalue weighted by molar-refractivity contribution is 0.0974. The minimum atomic E-state index is -0.121. The molecule has 0 radical (unpaired) electrons. The minimum absolute atomic E-state index is 0.0150. The molecule has 2 nitrogen and oxygen atoms in total. The van der Waals surface area contributed by atoms with Crippen molar-refractivity contribution in [1.82, 2.24) is 0 Å². The van der Waals surface area contributed by atoms with Crippen molar-refractivity contribution >= 4 is 11.4 Å². The standard InChI is InChI=1S/C51H84O2/c1-13-19-28-36(7)43(42-34-26-25-27-35-42)50(52)51(53)49-47(40(11)32-23-17-5)45(38(9)30-21-15-3)44(37(8)29-20-14-2)46(39(10)31-22-16-4)48(49)41(12)33-24-18-6/h25-27,34-41,52H,13-24,28-33H2,1-12H3. The Morgan fingerprint density at radius 1 is 0.472 bits per heavy atom. The van der Waals surface area contributed by atoms with Gasteiger partial charge in [0.2, 0.25) is 5.78 Å². The highest BCUT2D eigenvalue weighted by molar-refractivity contribution is 6.14. The van der Waals surface area contributed by atoms with E-state index in [4.69, 9.17) is 0 Å². The molecule has 0 saturated carbocycles. The molecule has 2 heteroatoms. The summed E-state index contributed by atoms with van der Waals surface area (Å²) < 4.78 is 0. The average molecular weight is 729 g/mol. The van der Waals surface area contributed by atoms with Crippen LogP contribution in [0.4, 0.5) is 0 Å². The number of benzene rings is 2. The van der Waals surface area contributed by atoms with Crippen LogP contribution < -0.4 is 0 Å². The zero-order valence-electron chi connectivity index (χ0n) is 36.9. The van der Waals surface area contributed by atoms with Crippen LogP contribution in [-0.4, -0.2) is 10.9 Å². The minimum Gasteiger partial charge on any atom is -0.504 e. The maximum absolute atomic E-state index is 15.9. The first-order valence-corrected chi connectivity index (χ1v) is 22.7. The molecule has 0 fully saturated rings. The Bertz CT molecular complexity index is 1310. The molecular weight excluding hydrogens is 645 g/mol. The molecule has 0 saturated heterocycles. The first-order chi connectivity index (χ1) is 25.5. The van der Waals surface area contributed by atoms with E-state index in [1.54, 1.807) is 5.56 Å². The average Bonchev–Trinajstić information content (AvgIpc) is 3.17. The van der Waals surface area contributed by atoms with Crippen molar-refractivity contribution in [2.75, 3.05) is 0 Å². The van der Waals surface area contributed by atoms with E-state index in [2.05, 4.69) is 95.2 Å². The fraction of sp³-hybridized carbons (Fsp3) is 0.706. The third-order valence-corrected chi connectivity index (χ3v) is 12.4. The van der Waals surface area contributed by atoms with E-state index in [0.29, 0.717) is 17.8 Å². The van der Waals surface area contributed by atoms with E-state index in [0.717, 1.165) is 87.3 Å². The van der Waals surface area contributed by atoms with Crippen LogP contribution in [-0.2, 0) is 0 Å². The summed E-state index contributed by atoms with van der Waals surface area (Å²) >= 11 is 0. The first-order valence-electron chi connectivity index (χ1n) is 22.7. The zero-order chi connectivity index (χ0) is 39.5. The summed E-state index contributed by atoms with van der Waals surface area (Å²) in [7, 11) is 0. The lowest BCUT2D eigenvalue weighted by atomic mass is 9.67. The van der Waals surface area contributed by atoms with E-state index in [1.807, 2.05) is 18.2 Å². The quantitative estimate of drug-likeness (QED) is 0.0565. The van der Waals surface area contributed by atoms with Crippen molar-refractivity contribution in [3.8, 4) is 0 Å². The van der Waals surface area contributed by atoms with Gasteiger partial charge in [-0.1, -0.05) is 190 Å². The van der Waals surface area contributed by atoms with Crippen LogP contribution >= 0.6 is 0 Å². The second-order valence-corrected chi connectivity index (χ2v) is 17.2. The van der Waals surface area contributed by atoms with Gasteiger partial charge >= 0.3 is 0 Å². The summed E-state index contributed by atoms with van der Waals surface area (Å²) in [5.74, 6) is 1.51. The molecule has 53 heavy (non-hydrogen) atoms. The fourth-order valence-corrected chi connectivity index (χ4v) is 9.15. The fourth-order valence-electron chi connectivity index (χ4n) is 9.15. The lowest BCUT2D eigenvalue weighted by Gasteiger charge is -2.37. The summed E-state index contributed by atoms with van der Waals surface area (Å²) in [6.07, 6.45) is 20.3. The Morgan fingerprint density at radius 2 is 0.774 bits per heavy atom. The Labute approximate surface area is 329 Å². The summed E-state index contributed by atoms with van der Waals surface area (Å²) in [5.41, 5.74) is 9.80. The van der Waals surface area contributed by atoms with E-state index >= 15 is 4.79 Å². The van der Waals surface area contributed by atoms with Gasteiger partial charge in [0.25, 0.3) is 0 Å². The number of Topliss-reactive ketones (excluding diaryl/α,β-unsaturated/α-hetero) is 1. The molecule has 0 heterocycles. The molecule has 1 N–H and O–H groups in total. The van der Waals surface area contributed by atoms with Gasteiger partial charge in [-0.2, -0.15) is 0 Å². The number of allylic oxidation sites excluding steroid dienone is 2. The predicted octanol–water partition coefficient (Wildman–Crippen LogP) is 17.1. The van der Waals surface area contributed by atoms with Gasteiger partial charge < -0.3 is 5.11 Å². The summed E-state index contributed by atoms with van der Waals surface area (Å²) in [6.45, 7) is 28.2. The van der Waals surface area contributed by atoms with Crippen LogP contribution in [0.5, 0.6) is 0 Å². The topological polar surface area (TPSA) is 37.3 Å². The Morgan fingerprint density at radius 3 is 1.11 bits per heavy atom. The number of carbonyl (C=O) groups excluding carboxylic acids is 1.